The maximum Gasteiger partial charge on any atom is 0.416 e. The number of halogens is 4. The van der Waals surface area contributed by atoms with Crippen molar-refractivity contribution in [2.24, 2.45) is 34.5 Å². The number of carbonyl (C=O) groups excluding carboxylic acids is 2. The van der Waals surface area contributed by atoms with Crippen LogP contribution in [0, 0.1) is 34.5 Å². The minimum Gasteiger partial charge on any atom is -0.325 e. The van der Waals surface area contributed by atoms with Crippen LogP contribution in [0.5, 0.6) is 0 Å². The topological polar surface area (TPSA) is 49.4 Å². The molecule has 5 rings (SSSR count). The molecule has 1 heterocycles. The maximum absolute atomic E-state index is 13.5. The van der Waals surface area contributed by atoms with Gasteiger partial charge in [0, 0.05) is 30.5 Å². The lowest BCUT2D eigenvalue weighted by atomic mass is 9.48. The Morgan fingerprint density at radius 1 is 1.14 bits per heavy atom. The molecule has 0 spiro atoms. The summed E-state index contributed by atoms with van der Waals surface area (Å²) in [7, 11) is 1.91. The van der Waals surface area contributed by atoms with Gasteiger partial charge in [-0.15, -0.1) is 0 Å². The molecule has 196 valence electrons. The minimum absolute atomic E-state index is 0.0227. The summed E-state index contributed by atoms with van der Waals surface area (Å²) in [6, 6.07) is 3.06. The number of nitrogens with zero attached hydrogens (tertiary/aromatic N) is 1. The summed E-state index contributed by atoms with van der Waals surface area (Å²) in [5, 5.41) is 2.74. The molecule has 1 aliphatic heterocycles. The summed E-state index contributed by atoms with van der Waals surface area (Å²) in [6.45, 7) is 6.73. The Bertz CT molecular complexity index is 1150. The fourth-order valence-corrected chi connectivity index (χ4v) is 8.78. The van der Waals surface area contributed by atoms with E-state index in [1.165, 1.54) is 17.3 Å². The number of hydrogen-bond donors (Lipinski definition) is 1. The van der Waals surface area contributed by atoms with Crippen molar-refractivity contribution >= 4 is 29.1 Å². The zero-order valence-corrected chi connectivity index (χ0v) is 22.0. The summed E-state index contributed by atoms with van der Waals surface area (Å²) >= 11 is 6.12. The van der Waals surface area contributed by atoms with Gasteiger partial charge in [0.25, 0.3) is 0 Å². The molecule has 4 nitrogen and oxygen atoms in total. The first-order valence-electron chi connectivity index (χ1n) is 12.9. The number of anilines is 1. The monoisotopic (exact) mass is 522 g/mol. The molecule has 0 radical (unpaired) electrons. The van der Waals surface area contributed by atoms with Crippen LogP contribution in [0.4, 0.5) is 18.9 Å². The van der Waals surface area contributed by atoms with Crippen LogP contribution in [0.1, 0.15) is 71.3 Å². The Kier molecular flexibility index (Phi) is 6.05. The van der Waals surface area contributed by atoms with E-state index in [9.17, 15) is 22.8 Å². The molecule has 0 aromatic heterocycles. The van der Waals surface area contributed by atoms with Crippen LogP contribution in [-0.4, -0.2) is 23.8 Å². The van der Waals surface area contributed by atoms with Gasteiger partial charge in [-0.25, -0.2) is 0 Å². The van der Waals surface area contributed by atoms with Gasteiger partial charge < -0.3 is 10.2 Å². The van der Waals surface area contributed by atoms with Crippen molar-refractivity contribution in [2.45, 2.75) is 71.9 Å². The van der Waals surface area contributed by atoms with Crippen LogP contribution < -0.4 is 5.32 Å². The van der Waals surface area contributed by atoms with Crippen LogP contribution in [0.2, 0.25) is 5.02 Å². The van der Waals surface area contributed by atoms with Gasteiger partial charge in [0.2, 0.25) is 11.8 Å². The third-order valence-electron chi connectivity index (χ3n) is 10.2. The number of fused-ring (bicyclic) bond motifs is 5. The number of alkyl halides is 3. The van der Waals surface area contributed by atoms with E-state index in [2.05, 4.69) is 26.1 Å². The summed E-state index contributed by atoms with van der Waals surface area (Å²) in [5.41, 5.74) is 1.70. The van der Waals surface area contributed by atoms with E-state index in [1.54, 1.807) is 0 Å². The smallest absolute Gasteiger partial charge is 0.325 e. The molecule has 2 saturated carbocycles. The lowest BCUT2D eigenvalue weighted by molar-refractivity contribution is -0.138. The van der Waals surface area contributed by atoms with Gasteiger partial charge in [0.05, 0.1) is 16.3 Å². The average Bonchev–Trinajstić information content (AvgIpc) is 3.15. The summed E-state index contributed by atoms with van der Waals surface area (Å²) in [4.78, 5) is 27.8. The Morgan fingerprint density at radius 2 is 1.86 bits per heavy atom. The van der Waals surface area contributed by atoms with Crippen molar-refractivity contribution < 1.29 is 22.8 Å². The molecule has 1 saturated heterocycles. The van der Waals surface area contributed by atoms with E-state index < -0.39 is 11.7 Å². The standard InChI is InChI=1S/C28H34ClF3N2O2/c1-15-13-17-18-6-7-20(25(36)33-22-8-5-16(14-21(22)29)28(30,31)32)26(18,2)11-9-19(17)27(3)12-10-23(35)34(4)24(15)27/h5,8,14,17-20H,6-7,9-13H2,1-4H3,(H,33,36)/t17?,18-,19?,20+,26-,27+/m0/s1. The van der Waals surface area contributed by atoms with E-state index in [0.717, 1.165) is 50.7 Å². The Labute approximate surface area is 215 Å². The zero-order chi connectivity index (χ0) is 26.2. The molecule has 2 unspecified atom stereocenters. The second-order valence-corrected chi connectivity index (χ2v) is 12.3. The van der Waals surface area contributed by atoms with Crippen molar-refractivity contribution in [3.05, 3.63) is 40.1 Å². The predicted molar refractivity (Wildman–Crippen MR) is 133 cm³/mol. The number of allylic oxidation sites excluding steroid dienone is 2. The van der Waals surface area contributed by atoms with Gasteiger partial charge >= 0.3 is 6.18 Å². The molecule has 1 aromatic rings. The van der Waals surface area contributed by atoms with Gasteiger partial charge in [-0.3, -0.25) is 9.59 Å². The molecule has 0 bridgehead atoms. The largest absolute Gasteiger partial charge is 0.416 e. The highest BCUT2D eigenvalue weighted by atomic mass is 35.5. The molecule has 1 N–H and O–H groups in total. The number of amides is 2. The van der Waals surface area contributed by atoms with Crippen molar-refractivity contribution in [1.29, 1.82) is 0 Å². The molecular weight excluding hydrogens is 489 g/mol. The Balaban J connectivity index is 1.38. The maximum atomic E-state index is 13.5. The summed E-state index contributed by atoms with van der Waals surface area (Å²) in [5.74, 6) is 1.17. The predicted octanol–water partition coefficient (Wildman–Crippen LogP) is 7.29. The second kappa shape index (κ2) is 8.50. The fraction of sp³-hybridized carbons (Fsp3) is 0.643. The number of nitrogens with one attached hydrogen (secondary N) is 1. The van der Waals surface area contributed by atoms with Crippen molar-refractivity contribution in [2.75, 3.05) is 12.4 Å². The number of likely N-dealkylation sites (tertiary alicyclic amines) is 1. The lowest BCUT2D eigenvalue weighted by Crippen LogP contribution is -2.54. The lowest BCUT2D eigenvalue weighted by Gasteiger charge is -2.59. The normalized spacial score (nSPS) is 36.3. The SMILES string of the molecule is CC1=C2N(C)C(=O)CC[C@]2(C)C2CC[C@]3(C)[C@@H](C(=O)Nc4ccc(C(F)(F)F)cc4Cl)CC[C@H]3C2C1. The number of benzene rings is 1. The van der Waals surface area contributed by atoms with Crippen LogP contribution >= 0.6 is 11.6 Å². The molecule has 3 fully saturated rings. The molecule has 4 aliphatic rings. The van der Waals surface area contributed by atoms with E-state index in [0.29, 0.717) is 24.2 Å². The third kappa shape index (κ3) is 3.79. The highest BCUT2D eigenvalue weighted by molar-refractivity contribution is 6.33. The molecule has 1 aromatic carbocycles. The van der Waals surface area contributed by atoms with Crippen LogP contribution in [0.3, 0.4) is 0 Å². The van der Waals surface area contributed by atoms with Gasteiger partial charge in [-0.05, 0) is 86.8 Å². The van der Waals surface area contributed by atoms with Crippen LogP contribution in [0.15, 0.2) is 29.5 Å². The van der Waals surface area contributed by atoms with Crippen molar-refractivity contribution in [1.82, 2.24) is 4.90 Å². The zero-order valence-electron chi connectivity index (χ0n) is 21.3. The Hall–Kier alpha value is -2.02. The Morgan fingerprint density at radius 3 is 2.53 bits per heavy atom. The first kappa shape index (κ1) is 25.6. The van der Waals surface area contributed by atoms with Gasteiger partial charge in [0.1, 0.15) is 0 Å². The number of hydrogen-bond acceptors (Lipinski definition) is 2. The minimum atomic E-state index is -4.49. The van der Waals surface area contributed by atoms with Gasteiger partial charge in [-0.2, -0.15) is 13.2 Å². The van der Waals surface area contributed by atoms with Crippen molar-refractivity contribution in [3.63, 3.8) is 0 Å². The van der Waals surface area contributed by atoms with Gasteiger partial charge in [0.15, 0.2) is 0 Å². The highest BCUT2D eigenvalue weighted by Gasteiger charge is 2.61. The van der Waals surface area contributed by atoms with E-state index >= 15 is 0 Å². The summed E-state index contributed by atoms with van der Waals surface area (Å²) in [6.07, 6.45) is 1.59. The molecule has 8 heteroatoms. The van der Waals surface area contributed by atoms with Crippen molar-refractivity contribution in [3.8, 4) is 0 Å². The third-order valence-corrected chi connectivity index (χ3v) is 10.5. The molecule has 3 aliphatic carbocycles. The van der Waals surface area contributed by atoms with E-state index in [-0.39, 0.29) is 39.3 Å². The second-order valence-electron chi connectivity index (χ2n) is 11.9. The number of piperidine rings is 1. The van der Waals surface area contributed by atoms with Crippen LogP contribution in [0.25, 0.3) is 0 Å². The van der Waals surface area contributed by atoms with Gasteiger partial charge in [-0.1, -0.05) is 31.0 Å². The van der Waals surface area contributed by atoms with E-state index in [4.69, 9.17) is 11.6 Å². The fourth-order valence-electron chi connectivity index (χ4n) is 8.55. The number of rotatable bonds is 2. The first-order valence-corrected chi connectivity index (χ1v) is 13.3. The summed E-state index contributed by atoms with van der Waals surface area (Å²) < 4.78 is 39.0. The molecular formula is C28H34ClF3N2O2. The number of carbonyl (C=O) groups is 2. The molecule has 2 amide bonds. The van der Waals surface area contributed by atoms with Crippen LogP contribution in [-0.2, 0) is 15.8 Å². The first-order chi connectivity index (χ1) is 16.8. The highest BCUT2D eigenvalue weighted by Crippen LogP contribution is 2.67. The average molecular weight is 523 g/mol. The molecule has 36 heavy (non-hydrogen) atoms. The molecule has 6 atom stereocenters. The quantitative estimate of drug-likeness (QED) is 0.443. The van der Waals surface area contributed by atoms with E-state index in [1.807, 2.05) is 11.9 Å².